The number of hydrogen-bond donors (Lipinski definition) is 3. The third-order valence-corrected chi connectivity index (χ3v) is 2.14. The molecule has 0 aromatic rings. The van der Waals surface area contributed by atoms with Crippen molar-refractivity contribution < 1.29 is 13.9 Å². The maximum atomic E-state index is 11.0. The van der Waals surface area contributed by atoms with Crippen molar-refractivity contribution in [3.63, 3.8) is 0 Å². The van der Waals surface area contributed by atoms with Gasteiger partial charge in [0.15, 0.2) is 0 Å². The Labute approximate surface area is 88.4 Å². The zero-order chi connectivity index (χ0) is 11.8. The molecule has 88 valence electrons. The minimum atomic E-state index is -2.52. The number of nitrogens with one attached hydrogen (secondary N) is 1. The van der Waals surface area contributed by atoms with Gasteiger partial charge in [-0.3, -0.25) is 13.9 Å². The summed E-state index contributed by atoms with van der Waals surface area (Å²) >= 11 is 0. The molecular weight excluding hydrogens is 202 g/mol. The molecular formula is C9H23NO3S. The predicted molar refractivity (Wildman–Crippen MR) is 62.9 cm³/mol. The van der Waals surface area contributed by atoms with E-state index < -0.39 is 10.6 Å². The number of rotatable bonds is 4. The summed E-state index contributed by atoms with van der Waals surface area (Å²) in [6.45, 7) is 7.73. The van der Waals surface area contributed by atoms with Crippen molar-refractivity contribution in [2.75, 3.05) is 12.0 Å². The molecule has 0 aliphatic rings. The first-order valence-corrected chi connectivity index (χ1v) is 6.94. The number of carbonyl (C=O) groups is 1. The molecule has 0 aliphatic carbocycles. The molecule has 0 unspecified atom stereocenters. The molecule has 0 heterocycles. The number of amides is 1. The molecule has 0 bridgehead atoms. The van der Waals surface area contributed by atoms with Crippen molar-refractivity contribution in [2.45, 2.75) is 40.2 Å². The molecule has 0 radical (unpaired) electrons. The van der Waals surface area contributed by atoms with E-state index >= 15 is 0 Å². The Balaban J connectivity index is 0. The molecule has 5 heteroatoms. The Bertz CT molecular complexity index is 155. The lowest BCUT2D eigenvalue weighted by atomic mass is 10.3. The third-order valence-electron chi connectivity index (χ3n) is 1.17. The molecule has 14 heavy (non-hydrogen) atoms. The second-order valence-corrected chi connectivity index (χ2v) is 5.57. The van der Waals surface area contributed by atoms with Gasteiger partial charge in [-0.25, -0.2) is 0 Å². The van der Waals surface area contributed by atoms with Crippen LogP contribution >= 0.6 is 10.6 Å². The average molecular weight is 225 g/mol. The van der Waals surface area contributed by atoms with Gasteiger partial charge in [-0.15, -0.1) is 0 Å². The molecule has 1 amide bonds. The van der Waals surface area contributed by atoms with Crippen LogP contribution in [0.15, 0.2) is 0 Å². The SMILES string of the molecule is CC.CC(C)NC(=O)CCS(C)(O)O. The van der Waals surface area contributed by atoms with Crippen LogP contribution in [0.3, 0.4) is 0 Å². The molecule has 0 rings (SSSR count). The van der Waals surface area contributed by atoms with Crippen LogP contribution in [0.25, 0.3) is 0 Å². The normalized spacial score (nSPS) is 11.7. The first kappa shape index (κ1) is 16.2. The fraction of sp³-hybridized carbons (Fsp3) is 0.889. The van der Waals surface area contributed by atoms with Gasteiger partial charge in [0.2, 0.25) is 5.91 Å². The first-order chi connectivity index (χ1) is 6.31. The molecule has 0 spiro atoms. The standard InChI is InChI=1S/C7H17NO3S.C2H6/c1-6(2)8-7(9)4-5-12(3,10)11;1-2/h6,10-11H,4-5H2,1-3H3,(H,8,9);1-2H3. The Morgan fingerprint density at radius 3 is 2.07 bits per heavy atom. The quantitative estimate of drug-likeness (QED) is 0.687. The van der Waals surface area contributed by atoms with E-state index in [1.54, 1.807) is 0 Å². The Morgan fingerprint density at radius 2 is 1.79 bits per heavy atom. The van der Waals surface area contributed by atoms with Crippen LogP contribution in [0.5, 0.6) is 0 Å². The first-order valence-electron chi connectivity index (χ1n) is 4.81. The van der Waals surface area contributed by atoms with E-state index in [4.69, 9.17) is 9.11 Å². The van der Waals surface area contributed by atoms with Crippen LogP contribution in [-0.4, -0.2) is 33.1 Å². The van der Waals surface area contributed by atoms with Crippen molar-refractivity contribution in [2.24, 2.45) is 0 Å². The van der Waals surface area contributed by atoms with Crippen molar-refractivity contribution >= 4 is 16.5 Å². The van der Waals surface area contributed by atoms with Gasteiger partial charge < -0.3 is 5.32 Å². The van der Waals surface area contributed by atoms with Crippen LogP contribution in [0.1, 0.15) is 34.1 Å². The van der Waals surface area contributed by atoms with Crippen LogP contribution < -0.4 is 5.32 Å². The highest BCUT2D eigenvalue weighted by Crippen LogP contribution is 2.33. The van der Waals surface area contributed by atoms with Crippen molar-refractivity contribution in [1.82, 2.24) is 5.32 Å². The maximum Gasteiger partial charge on any atom is 0.221 e. The second kappa shape index (κ2) is 8.08. The van der Waals surface area contributed by atoms with E-state index in [-0.39, 0.29) is 24.1 Å². The highest BCUT2D eigenvalue weighted by atomic mass is 32.3. The molecule has 0 atom stereocenters. The van der Waals surface area contributed by atoms with Crippen molar-refractivity contribution in [3.05, 3.63) is 0 Å². The van der Waals surface area contributed by atoms with Crippen molar-refractivity contribution in [1.29, 1.82) is 0 Å². The van der Waals surface area contributed by atoms with Crippen molar-refractivity contribution in [3.8, 4) is 0 Å². The lowest BCUT2D eigenvalue weighted by Gasteiger charge is -2.26. The minimum Gasteiger partial charge on any atom is -0.354 e. The summed E-state index contributed by atoms with van der Waals surface area (Å²) in [4.78, 5) is 11.0. The Hall–Kier alpha value is -0.260. The summed E-state index contributed by atoms with van der Waals surface area (Å²) in [6.07, 6.45) is 1.52. The second-order valence-electron chi connectivity index (χ2n) is 3.17. The summed E-state index contributed by atoms with van der Waals surface area (Å²) in [5.41, 5.74) is 0. The highest BCUT2D eigenvalue weighted by molar-refractivity contribution is 8.23. The van der Waals surface area contributed by atoms with Gasteiger partial charge in [-0.2, -0.15) is 10.6 Å². The van der Waals surface area contributed by atoms with Gasteiger partial charge in [-0.05, 0) is 13.8 Å². The molecule has 0 saturated heterocycles. The minimum absolute atomic E-state index is 0.108. The molecule has 0 aromatic carbocycles. The summed E-state index contributed by atoms with van der Waals surface area (Å²) in [5.74, 6) is 0.0118. The maximum absolute atomic E-state index is 11.0. The van der Waals surface area contributed by atoms with E-state index in [1.165, 1.54) is 6.26 Å². The monoisotopic (exact) mass is 225 g/mol. The van der Waals surface area contributed by atoms with Crippen LogP contribution in [-0.2, 0) is 4.79 Å². The topological polar surface area (TPSA) is 69.6 Å². The fourth-order valence-corrected chi connectivity index (χ4v) is 1.25. The fourth-order valence-electron chi connectivity index (χ4n) is 0.680. The molecule has 0 saturated carbocycles. The Morgan fingerprint density at radius 1 is 1.36 bits per heavy atom. The van der Waals surface area contributed by atoms with Gasteiger partial charge in [-0.1, -0.05) is 13.8 Å². The van der Waals surface area contributed by atoms with E-state index in [0.29, 0.717) is 0 Å². The molecule has 4 nitrogen and oxygen atoms in total. The largest absolute Gasteiger partial charge is 0.354 e. The van der Waals surface area contributed by atoms with Crippen LogP contribution in [0.4, 0.5) is 0 Å². The predicted octanol–water partition coefficient (Wildman–Crippen LogP) is 2.31. The summed E-state index contributed by atoms with van der Waals surface area (Å²) in [7, 11) is -2.52. The lowest BCUT2D eigenvalue weighted by Crippen LogP contribution is -2.30. The lowest BCUT2D eigenvalue weighted by molar-refractivity contribution is -0.121. The molecule has 0 aromatic heterocycles. The Kier molecular flexibility index (Phi) is 9.34. The van der Waals surface area contributed by atoms with Gasteiger partial charge >= 0.3 is 0 Å². The summed E-state index contributed by atoms with van der Waals surface area (Å²) in [5, 5.41) is 2.67. The van der Waals surface area contributed by atoms with Gasteiger partial charge in [0.05, 0.1) is 0 Å². The van der Waals surface area contributed by atoms with E-state index in [2.05, 4.69) is 5.32 Å². The third kappa shape index (κ3) is 14.3. The number of hydrogen-bond acceptors (Lipinski definition) is 3. The number of carbonyl (C=O) groups excluding carboxylic acids is 1. The smallest absolute Gasteiger partial charge is 0.221 e. The zero-order valence-electron chi connectivity index (χ0n) is 9.70. The van der Waals surface area contributed by atoms with Gasteiger partial charge in [0.1, 0.15) is 0 Å². The summed E-state index contributed by atoms with van der Waals surface area (Å²) < 4.78 is 17.9. The van der Waals surface area contributed by atoms with Crippen LogP contribution in [0, 0.1) is 0 Å². The van der Waals surface area contributed by atoms with E-state index in [9.17, 15) is 4.79 Å². The van der Waals surface area contributed by atoms with Gasteiger partial charge in [0.25, 0.3) is 0 Å². The summed E-state index contributed by atoms with van der Waals surface area (Å²) in [6, 6.07) is 0.108. The molecule has 0 aliphatic heterocycles. The average Bonchev–Trinajstić information content (AvgIpc) is 2.02. The van der Waals surface area contributed by atoms with E-state index in [1.807, 2.05) is 27.7 Å². The highest BCUT2D eigenvalue weighted by Gasteiger charge is 2.08. The van der Waals surface area contributed by atoms with Crippen LogP contribution in [0.2, 0.25) is 0 Å². The molecule has 0 fully saturated rings. The zero-order valence-corrected chi connectivity index (χ0v) is 10.5. The van der Waals surface area contributed by atoms with E-state index in [0.717, 1.165) is 0 Å². The molecule has 3 N–H and O–H groups in total. The van der Waals surface area contributed by atoms with Gasteiger partial charge in [0, 0.05) is 24.5 Å².